The van der Waals surface area contributed by atoms with Crippen molar-refractivity contribution < 1.29 is 19.7 Å². The van der Waals surface area contributed by atoms with Crippen molar-refractivity contribution in [1.82, 2.24) is 0 Å². The summed E-state index contributed by atoms with van der Waals surface area (Å²) in [4.78, 5) is 11.3. The molecule has 0 fully saturated rings. The van der Waals surface area contributed by atoms with Crippen molar-refractivity contribution in [2.75, 3.05) is 0 Å². The molecular weight excluding hydrogens is 268 g/mol. The van der Waals surface area contributed by atoms with Gasteiger partial charge in [-0.05, 0) is 37.7 Å². The van der Waals surface area contributed by atoms with Crippen LogP contribution in [0.3, 0.4) is 0 Å². The highest BCUT2D eigenvalue weighted by Crippen LogP contribution is 2.47. The van der Waals surface area contributed by atoms with E-state index in [4.69, 9.17) is 4.74 Å². The summed E-state index contributed by atoms with van der Waals surface area (Å²) in [7, 11) is 0. The molecule has 5 unspecified atom stereocenters. The van der Waals surface area contributed by atoms with Crippen molar-refractivity contribution >= 4 is 5.97 Å². The van der Waals surface area contributed by atoms with Crippen LogP contribution in [0.2, 0.25) is 0 Å². The number of esters is 1. The highest BCUT2D eigenvalue weighted by Gasteiger charge is 2.40. The molecule has 0 spiro atoms. The van der Waals surface area contributed by atoms with Crippen LogP contribution in [0.4, 0.5) is 0 Å². The third kappa shape index (κ3) is 3.22. The third-order valence-corrected chi connectivity index (χ3v) is 5.03. The molecule has 5 atom stereocenters. The number of rotatable bonds is 1. The Hall–Kier alpha value is -1.13. The number of hydrogen-bond donors (Lipinski definition) is 2. The molecule has 0 aromatic heterocycles. The first kappa shape index (κ1) is 16.2. The summed E-state index contributed by atoms with van der Waals surface area (Å²) in [6.45, 7) is 7.58. The Morgan fingerprint density at radius 1 is 1.43 bits per heavy atom. The van der Waals surface area contributed by atoms with E-state index in [9.17, 15) is 15.0 Å². The van der Waals surface area contributed by atoms with Crippen LogP contribution in [0, 0.1) is 11.3 Å². The predicted octanol–water partition coefficient (Wildman–Crippen LogP) is 2.35. The summed E-state index contributed by atoms with van der Waals surface area (Å²) in [5, 5.41) is 20.3. The highest BCUT2D eigenvalue weighted by atomic mass is 16.6. The van der Waals surface area contributed by atoms with Gasteiger partial charge < -0.3 is 14.9 Å². The fourth-order valence-corrected chi connectivity index (χ4v) is 3.65. The minimum atomic E-state index is -0.704. The summed E-state index contributed by atoms with van der Waals surface area (Å²) in [5.74, 6) is -0.0731. The van der Waals surface area contributed by atoms with Gasteiger partial charge in [0.25, 0.3) is 0 Å². The van der Waals surface area contributed by atoms with Crippen LogP contribution < -0.4 is 0 Å². The lowest BCUT2D eigenvalue weighted by Crippen LogP contribution is -2.39. The Morgan fingerprint density at radius 3 is 2.71 bits per heavy atom. The second-order valence-corrected chi connectivity index (χ2v) is 6.70. The Labute approximate surface area is 126 Å². The minimum absolute atomic E-state index is 0.151. The fraction of sp³-hybridized carbons (Fsp3) is 0.706. The molecule has 0 aromatic carbocycles. The molecule has 2 rings (SSSR count). The minimum Gasteiger partial charge on any atom is -0.455 e. The summed E-state index contributed by atoms with van der Waals surface area (Å²) >= 11 is 0. The first-order valence-corrected chi connectivity index (χ1v) is 7.68. The zero-order chi connectivity index (χ0) is 15.8. The molecule has 0 heterocycles. The number of ether oxygens (including phenoxy) is 1. The first-order chi connectivity index (χ1) is 9.74. The van der Waals surface area contributed by atoms with Gasteiger partial charge in [-0.2, -0.15) is 0 Å². The smallest absolute Gasteiger partial charge is 0.303 e. The predicted molar refractivity (Wildman–Crippen MR) is 80.5 cm³/mol. The van der Waals surface area contributed by atoms with Gasteiger partial charge in [-0.15, -0.1) is 0 Å². The lowest BCUT2D eigenvalue weighted by molar-refractivity contribution is -0.149. The number of allylic oxidation sites excluding steroid dienone is 2. The van der Waals surface area contributed by atoms with Crippen LogP contribution in [0.1, 0.15) is 47.0 Å². The van der Waals surface area contributed by atoms with Crippen LogP contribution in [0.25, 0.3) is 0 Å². The van der Waals surface area contributed by atoms with Gasteiger partial charge in [-0.3, -0.25) is 4.79 Å². The van der Waals surface area contributed by atoms with Crippen LogP contribution in [0.15, 0.2) is 23.3 Å². The molecule has 118 valence electrons. The standard InChI is InChI=1S/C17H26O4/c1-10-9-17(4)11(2)7-14(19)8-13(17)5-6-15(20)16(10)21-12(3)18/h8-9,11,14-16,19-20H,5-7H2,1-4H3. The molecule has 0 saturated carbocycles. The monoisotopic (exact) mass is 294 g/mol. The van der Waals surface area contributed by atoms with Crippen molar-refractivity contribution in [3.05, 3.63) is 23.3 Å². The molecule has 2 aliphatic carbocycles. The van der Waals surface area contributed by atoms with Gasteiger partial charge in [-0.1, -0.05) is 31.6 Å². The second-order valence-electron chi connectivity index (χ2n) is 6.70. The van der Waals surface area contributed by atoms with E-state index in [1.807, 2.05) is 13.0 Å². The van der Waals surface area contributed by atoms with Crippen molar-refractivity contribution in [2.45, 2.75) is 65.3 Å². The number of carbonyl (C=O) groups excluding carboxylic acids is 1. The van der Waals surface area contributed by atoms with Crippen LogP contribution >= 0.6 is 0 Å². The summed E-state index contributed by atoms with van der Waals surface area (Å²) in [6, 6.07) is 0. The molecule has 4 heteroatoms. The van der Waals surface area contributed by atoms with Gasteiger partial charge in [0.2, 0.25) is 0 Å². The maximum absolute atomic E-state index is 11.3. The Balaban J connectivity index is 2.42. The molecule has 21 heavy (non-hydrogen) atoms. The van der Waals surface area contributed by atoms with Gasteiger partial charge in [0.1, 0.15) is 6.10 Å². The average molecular weight is 294 g/mol. The summed E-state index contributed by atoms with van der Waals surface area (Å²) in [6.07, 6.45) is 4.34. The fourth-order valence-electron chi connectivity index (χ4n) is 3.65. The molecule has 0 aliphatic heterocycles. The average Bonchev–Trinajstić information content (AvgIpc) is 2.37. The normalized spacial score (nSPS) is 40.3. The molecule has 2 aliphatic rings. The first-order valence-electron chi connectivity index (χ1n) is 7.68. The highest BCUT2D eigenvalue weighted by molar-refractivity contribution is 5.66. The van der Waals surface area contributed by atoms with Crippen molar-refractivity contribution in [3.8, 4) is 0 Å². The van der Waals surface area contributed by atoms with Crippen molar-refractivity contribution in [2.24, 2.45) is 11.3 Å². The Kier molecular flexibility index (Phi) is 4.59. The zero-order valence-corrected chi connectivity index (χ0v) is 13.3. The maximum Gasteiger partial charge on any atom is 0.303 e. The van der Waals surface area contributed by atoms with Gasteiger partial charge in [0, 0.05) is 12.3 Å². The number of hydrogen-bond acceptors (Lipinski definition) is 4. The summed E-state index contributed by atoms with van der Waals surface area (Å²) in [5.41, 5.74) is 1.91. The SMILES string of the molecule is CC(=O)OC1C(C)=CC2(C)C(=CC(O)CC2C)CCC1O. The molecule has 0 saturated heterocycles. The van der Waals surface area contributed by atoms with E-state index >= 15 is 0 Å². The van der Waals surface area contributed by atoms with E-state index in [0.717, 1.165) is 12.0 Å². The lowest BCUT2D eigenvalue weighted by Gasteiger charge is -2.43. The van der Waals surface area contributed by atoms with Gasteiger partial charge >= 0.3 is 5.97 Å². The van der Waals surface area contributed by atoms with Crippen LogP contribution in [-0.2, 0) is 9.53 Å². The van der Waals surface area contributed by atoms with E-state index in [1.165, 1.54) is 12.5 Å². The zero-order valence-electron chi connectivity index (χ0n) is 13.3. The quantitative estimate of drug-likeness (QED) is 0.575. The Morgan fingerprint density at radius 2 is 2.10 bits per heavy atom. The van der Waals surface area contributed by atoms with E-state index in [2.05, 4.69) is 19.9 Å². The molecule has 2 N–H and O–H groups in total. The van der Waals surface area contributed by atoms with Crippen LogP contribution in [-0.4, -0.2) is 34.5 Å². The van der Waals surface area contributed by atoms with Crippen molar-refractivity contribution in [1.29, 1.82) is 0 Å². The molecule has 0 aromatic rings. The topological polar surface area (TPSA) is 66.8 Å². The van der Waals surface area contributed by atoms with Gasteiger partial charge in [0.05, 0.1) is 12.2 Å². The van der Waals surface area contributed by atoms with E-state index in [0.29, 0.717) is 18.8 Å². The maximum atomic E-state index is 11.3. The van der Waals surface area contributed by atoms with E-state index in [-0.39, 0.29) is 11.4 Å². The lowest BCUT2D eigenvalue weighted by atomic mass is 9.63. The number of aliphatic hydroxyl groups is 2. The summed E-state index contributed by atoms with van der Waals surface area (Å²) < 4.78 is 5.31. The number of carbonyl (C=O) groups is 1. The molecule has 0 amide bonds. The third-order valence-electron chi connectivity index (χ3n) is 5.03. The van der Waals surface area contributed by atoms with Gasteiger partial charge in [0.15, 0.2) is 0 Å². The van der Waals surface area contributed by atoms with E-state index < -0.39 is 18.3 Å². The second kappa shape index (κ2) is 5.93. The van der Waals surface area contributed by atoms with Gasteiger partial charge in [-0.25, -0.2) is 0 Å². The molecular formula is C17H26O4. The number of aliphatic hydroxyl groups excluding tert-OH is 2. The molecule has 0 radical (unpaired) electrons. The van der Waals surface area contributed by atoms with E-state index in [1.54, 1.807) is 0 Å². The van der Waals surface area contributed by atoms with Crippen molar-refractivity contribution in [3.63, 3.8) is 0 Å². The molecule has 4 nitrogen and oxygen atoms in total. The Bertz CT molecular complexity index is 479. The van der Waals surface area contributed by atoms with Crippen LogP contribution in [0.5, 0.6) is 0 Å². The molecule has 0 bridgehead atoms. The number of fused-ring (bicyclic) bond motifs is 1. The largest absolute Gasteiger partial charge is 0.455 e.